The van der Waals surface area contributed by atoms with Gasteiger partial charge in [0.1, 0.15) is 5.69 Å². The first-order valence-corrected chi connectivity index (χ1v) is 5.99. The molecule has 16 heavy (non-hydrogen) atoms. The van der Waals surface area contributed by atoms with Crippen LogP contribution >= 0.6 is 15.9 Å². The molecule has 1 amide bonds. The van der Waals surface area contributed by atoms with Crippen molar-refractivity contribution in [2.45, 2.75) is 26.3 Å². The monoisotopic (exact) mass is 283 g/mol. The van der Waals surface area contributed by atoms with Gasteiger partial charge in [0.15, 0.2) is 0 Å². The number of nitrogens with zero attached hydrogens (tertiary/aromatic N) is 2. The van der Waals surface area contributed by atoms with Gasteiger partial charge in [0.05, 0.1) is 12.5 Å². The van der Waals surface area contributed by atoms with Gasteiger partial charge in [-0.15, -0.1) is 0 Å². The largest absolute Gasteiger partial charge is 0.350 e. The molecule has 1 N–H and O–H groups in total. The topological polar surface area (TPSA) is 57.8 Å². The third-order valence-electron chi connectivity index (χ3n) is 2.08. The fraction of sp³-hybridized carbons (Fsp3) is 0.455. The zero-order valence-electron chi connectivity index (χ0n) is 9.16. The van der Waals surface area contributed by atoms with Gasteiger partial charge in [-0.2, -0.15) is 5.26 Å². The predicted molar refractivity (Wildman–Crippen MR) is 65.0 cm³/mol. The third kappa shape index (κ3) is 3.38. The van der Waals surface area contributed by atoms with Gasteiger partial charge in [-0.1, -0.05) is 6.92 Å². The lowest BCUT2D eigenvalue weighted by Crippen LogP contribution is -2.26. The summed E-state index contributed by atoms with van der Waals surface area (Å²) < 4.78 is 2.80. The number of aromatic nitrogens is 1. The highest BCUT2D eigenvalue weighted by atomic mass is 79.9. The summed E-state index contributed by atoms with van der Waals surface area (Å²) in [5.74, 6) is -0.130. The SMILES string of the molecule is CCCn1cc(Br)cc1C(=O)NCCC#N. The van der Waals surface area contributed by atoms with Crippen molar-refractivity contribution in [1.82, 2.24) is 9.88 Å². The van der Waals surface area contributed by atoms with Gasteiger partial charge < -0.3 is 9.88 Å². The molecule has 0 radical (unpaired) electrons. The minimum atomic E-state index is -0.130. The van der Waals surface area contributed by atoms with Crippen molar-refractivity contribution in [2.75, 3.05) is 6.54 Å². The Morgan fingerprint density at radius 1 is 1.69 bits per heavy atom. The normalized spacial score (nSPS) is 9.81. The number of hydrogen-bond donors (Lipinski definition) is 1. The lowest BCUT2D eigenvalue weighted by atomic mass is 10.3. The minimum absolute atomic E-state index is 0.130. The minimum Gasteiger partial charge on any atom is -0.350 e. The van der Waals surface area contributed by atoms with Crippen LogP contribution in [0.3, 0.4) is 0 Å². The summed E-state index contributed by atoms with van der Waals surface area (Å²) in [4.78, 5) is 11.8. The number of halogens is 1. The zero-order chi connectivity index (χ0) is 12.0. The molecule has 5 heteroatoms. The van der Waals surface area contributed by atoms with Gasteiger partial charge in [-0.3, -0.25) is 4.79 Å². The van der Waals surface area contributed by atoms with Crippen LogP contribution in [0, 0.1) is 11.3 Å². The van der Waals surface area contributed by atoms with Crippen molar-refractivity contribution in [3.8, 4) is 6.07 Å². The van der Waals surface area contributed by atoms with E-state index in [-0.39, 0.29) is 5.91 Å². The van der Waals surface area contributed by atoms with Crippen molar-refractivity contribution >= 4 is 21.8 Å². The number of carbonyl (C=O) groups excluding carboxylic acids is 1. The van der Waals surface area contributed by atoms with Crippen molar-refractivity contribution in [3.05, 3.63) is 22.4 Å². The quantitative estimate of drug-likeness (QED) is 0.843. The number of nitrogens with one attached hydrogen (secondary N) is 1. The van der Waals surface area contributed by atoms with Crippen molar-refractivity contribution in [3.63, 3.8) is 0 Å². The van der Waals surface area contributed by atoms with Gasteiger partial charge in [0, 0.05) is 23.8 Å². The summed E-state index contributed by atoms with van der Waals surface area (Å²) in [7, 11) is 0. The summed E-state index contributed by atoms with van der Waals surface area (Å²) in [6.45, 7) is 3.27. The molecule has 0 fully saturated rings. The van der Waals surface area contributed by atoms with Crippen molar-refractivity contribution in [2.24, 2.45) is 0 Å². The molecule has 0 saturated heterocycles. The molecule has 4 nitrogen and oxygen atoms in total. The fourth-order valence-electron chi connectivity index (χ4n) is 1.41. The first-order chi connectivity index (χ1) is 7.69. The van der Waals surface area contributed by atoms with Crippen LogP contribution in [0.4, 0.5) is 0 Å². The summed E-state index contributed by atoms with van der Waals surface area (Å²) >= 11 is 3.35. The first kappa shape index (κ1) is 12.8. The van der Waals surface area contributed by atoms with Crippen LogP contribution in [0.1, 0.15) is 30.3 Å². The third-order valence-corrected chi connectivity index (χ3v) is 2.52. The lowest BCUT2D eigenvalue weighted by molar-refractivity contribution is 0.0945. The summed E-state index contributed by atoms with van der Waals surface area (Å²) in [5, 5.41) is 11.1. The number of amides is 1. The molecule has 1 heterocycles. The smallest absolute Gasteiger partial charge is 0.267 e. The Bertz CT molecular complexity index is 406. The van der Waals surface area contributed by atoms with E-state index in [0.717, 1.165) is 17.4 Å². The molecule has 0 unspecified atom stereocenters. The molecule has 0 bridgehead atoms. The van der Waals surface area contributed by atoms with Gasteiger partial charge in [-0.25, -0.2) is 0 Å². The van der Waals surface area contributed by atoms with E-state index in [4.69, 9.17) is 5.26 Å². The van der Waals surface area contributed by atoms with E-state index in [1.165, 1.54) is 0 Å². The van der Waals surface area contributed by atoms with Crippen LogP contribution in [0.15, 0.2) is 16.7 Å². The van der Waals surface area contributed by atoms with E-state index in [0.29, 0.717) is 18.7 Å². The number of rotatable bonds is 5. The molecule has 0 saturated carbocycles. The summed E-state index contributed by atoms with van der Waals surface area (Å²) in [6, 6.07) is 3.78. The Hall–Kier alpha value is -1.28. The Morgan fingerprint density at radius 2 is 2.44 bits per heavy atom. The summed E-state index contributed by atoms with van der Waals surface area (Å²) in [6.07, 6.45) is 3.20. The Balaban J connectivity index is 2.70. The molecule has 0 aliphatic carbocycles. The van der Waals surface area contributed by atoms with Gasteiger partial charge in [-0.05, 0) is 28.4 Å². The molecule has 1 rings (SSSR count). The van der Waals surface area contributed by atoms with E-state index >= 15 is 0 Å². The van der Waals surface area contributed by atoms with Crippen molar-refractivity contribution < 1.29 is 4.79 Å². The van der Waals surface area contributed by atoms with E-state index in [1.54, 1.807) is 6.07 Å². The second-order valence-electron chi connectivity index (χ2n) is 3.40. The van der Waals surface area contributed by atoms with Gasteiger partial charge >= 0.3 is 0 Å². The predicted octanol–water partition coefficient (Wildman–Crippen LogP) is 2.30. The van der Waals surface area contributed by atoms with Gasteiger partial charge in [0.2, 0.25) is 0 Å². The van der Waals surface area contributed by atoms with Crippen LogP contribution in [0.25, 0.3) is 0 Å². The molecule has 0 spiro atoms. The molecule has 0 atom stereocenters. The van der Waals surface area contributed by atoms with Crippen LogP contribution < -0.4 is 5.32 Å². The standard InChI is InChI=1S/C11H14BrN3O/c1-2-6-15-8-9(12)7-10(15)11(16)14-5-3-4-13/h7-8H,2-3,5-6H2,1H3,(H,14,16). The highest BCUT2D eigenvalue weighted by Crippen LogP contribution is 2.15. The van der Waals surface area contributed by atoms with E-state index in [2.05, 4.69) is 28.2 Å². The molecular formula is C11H14BrN3O. The van der Waals surface area contributed by atoms with Crippen LogP contribution in [0.2, 0.25) is 0 Å². The molecule has 1 aromatic rings. The Labute approximate surface area is 103 Å². The maximum absolute atomic E-state index is 11.8. The zero-order valence-corrected chi connectivity index (χ0v) is 10.7. The Morgan fingerprint density at radius 3 is 3.06 bits per heavy atom. The first-order valence-electron chi connectivity index (χ1n) is 5.19. The molecule has 0 aliphatic rings. The Kier molecular flexibility index (Phi) is 5.06. The highest BCUT2D eigenvalue weighted by molar-refractivity contribution is 9.10. The number of carbonyl (C=O) groups is 1. The van der Waals surface area contributed by atoms with Gasteiger partial charge in [0.25, 0.3) is 5.91 Å². The number of aryl methyl sites for hydroxylation is 1. The van der Waals surface area contributed by atoms with Crippen LogP contribution in [-0.2, 0) is 6.54 Å². The van der Waals surface area contributed by atoms with Crippen LogP contribution in [0.5, 0.6) is 0 Å². The average Bonchev–Trinajstić information content (AvgIpc) is 2.60. The average molecular weight is 284 g/mol. The molecule has 1 aromatic heterocycles. The molecule has 0 aromatic carbocycles. The maximum atomic E-state index is 11.8. The lowest BCUT2D eigenvalue weighted by Gasteiger charge is -2.07. The maximum Gasteiger partial charge on any atom is 0.267 e. The molecular weight excluding hydrogens is 270 g/mol. The number of hydrogen-bond acceptors (Lipinski definition) is 2. The second kappa shape index (κ2) is 6.33. The second-order valence-corrected chi connectivity index (χ2v) is 4.32. The van der Waals surface area contributed by atoms with E-state index in [1.807, 2.05) is 16.8 Å². The molecule has 0 aliphatic heterocycles. The summed E-state index contributed by atoms with van der Waals surface area (Å²) in [5.41, 5.74) is 0.631. The highest BCUT2D eigenvalue weighted by Gasteiger charge is 2.11. The van der Waals surface area contributed by atoms with Crippen LogP contribution in [-0.4, -0.2) is 17.0 Å². The van der Waals surface area contributed by atoms with Crippen molar-refractivity contribution in [1.29, 1.82) is 5.26 Å². The number of nitriles is 1. The van der Waals surface area contributed by atoms with E-state index < -0.39 is 0 Å². The van der Waals surface area contributed by atoms with E-state index in [9.17, 15) is 4.79 Å². The molecule has 86 valence electrons. The fourth-order valence-corrected chi connectivity index (χ4v) is 1.88.